The highest BCUT2D eigenvalue weighted by atomic mass is 32.2. The van der Waals surface area contributed by atoms with Crippen LogP contribution in [-0.2, 0) is 10.0 Å². The molecular weight excluding hydrogens is 939 g/mol. The molecule has 0 amide bonds. The molecule has 0 aliphatic heterocycles. The van der Waals surface area contributed by atoms with Crippen LogP contribution in [0.25, 0.3) is 132 Å². The molecule has 354 valence electrons. The fourth-order valence-corrected chi connectivity index (χ4v) is 14.0. The summed E-state index contributed by atoms with van der Waals surface area (Å²) in [6.07, 6.45) is 0. The minimum Gasteiger partial charge on any atom is -0.309 e. The predicted octanol–water partition coefficient (Wildman–Crippen LogP) is 16.7. The van der Waals surface area contributed by atoms with E-state index in [4.69, 9.17) is 0 Å². The Labute approximate surface area is 430 Å². The number of hydrogen-bond donors (Lipinski definition) is 0. The molecule has 16 aromatic rings. The van der Waals surface area contributed by atoms with Gasteiger partial charge in [0.1, 0.15) is 0 Å². The fraction of sp³-hybridized carbons (Fsp3) is 0.0149. The Hall–Kier alpha value is -9.63. The number of para-hydroxylation sites is 6. The van der Waals surface area contributed by atoms with Crippen LogP contribution in [0.2, 0.25) is 0 Å². The topological polar surface area (TPSA) is 58.8 Å². The quantitative estimate of drug-likeness (QED) is 0.167. The van der Waals surface area contributed by atoms with Crippen molar-refractivity contribution < 1.29 is 8.42 Å². The minimum atomic E-state index is -3.91. The minimum absolute atomic E-state index is 0.260. The summed E-state index contributed by atoms with van der Waals surface area (Å²) in [7, 11) is -3.91. The van der Waals surface area contributed by atoms with Crippen molar-refractivity contribution in [3.63, 3.8) is 0 Å². The molecule has 0 unspecified atom stereocenters. The number of hydrogen-bond acceptors (Lipinski definition) is 2. The Kier molecular flexibility index (Phi) is 8.64. The maximum Gasteiger partial charge on any atom is 0.268 e. The molecule has 0 aliphatic rings. The fourth-order valence-electron chi connectivity index (χ4n) is 12.5. The summed E-state index contributed by atoms with van der Waals surface area (Å²) in [5.41, 5.74) is 15.7. The first-order chi connectivity index (χ1) is 36.9. The molecule has 5 aromatic heterocycles. The number of aryl methyl sites for hydroxylation is 1. The van der Waals surface area contributed by atoms with E-state index in [2.05, 4.69) is 206 Å². The Morgan fingerprint density at radius 1 is 0.253 bits per heavy atom. The third-order valence-electron chi connectivity index (χ3n) is 15.8. The van der Waals surface area contributed by atoms with Gasteiger partial charge in [-0.2, -0.15) is 0 Å². The molecule has 0 saturated heterocycles. The SMILES string of the molecule is Cc1ccc(S(=O)(=O)n2c3ccccc3c3cc(-n4c5ccccc5c5cc(-n6c7ccccc7c7cc(-n8c9ccccc9c9cc(-n%10c%11ccccc%11c%11ccccc%11%10)ccc98)ccc76)ccc54)ccc32)cc1. The number of fused-ring (bicyclic) bond motifs is 15. The highest BCUT2D eigenvalue weighted by Crippen LogP contribution is 2.42. The zero-order chi connectivity index (χ0) is 49.7. The molecule has 0 atom stereocenters. The van der Waals surface area contributed by atoms with Crippen molar-refractivity contribution in [2.75, 3.05) is 0 Å². The third-order valence-corrected chi connectivity index (χ3v) is 17.5. The van der Waals surface area contributed by atoms with Gasteiger partial charge in [0.2, 0.25) is 0 Å². The van der Waals surface area contributed by atoms with Crippen LogP contribution in [0.4, 0.5) is 0 Å². The third kappa shape index (κ3) is 5.88. The summed E-state index contributed by atoms with van der Waals surface area (Å²) in [5, 5.41) is 11.3. The Balaban J connectivity index is 0.848. The van der Waals surface area contributed by atoms with Crippen LogP contribution in [0.3, 0.4) is 0 Å². The Morgan fingerprint density at radius 3 is 0.840 bits per heavy atom. The van der Waals surface area contributed by atoms with Gasteiger partial charge < -0.3 is 18.3 Å². The van der Waals surface area contributed by atoms with Crippen LogP contribution in [0.1, 0.15) is 5.56 Å². The summed E-state index contributed by atoms with van der Waals surface area (Å²) < 4.78 is 39.9. The van der Waals surface area contributed by atoms with Gasteiger partial charge in [-0.15, -0.1) is 0 Å². The van der Waals surface area contributed by atoms with Gasteiger partial charge in [0.25, 0.3) is 10.0 Å². The van der Waals surface area contributed by atoms with E-state index in [1.54, 1.807) is 12.1 Å². The van der Waals surface area contributed by atoms with Gasteiger partial charge in [-0.05, 0) is 128 Å². The van der Waals surface area contributed by atoms with Crippen LogP contribution in [0.5, 0.6) is 0 Å². The average Bonchev–Trinajstić information content (AvgIpc) is 4.31. The standard InChI is InChI=1S/C67H43N5O2S/c1-42-26-32-47(33-27-42)75(73,74)72-66-25-13-7-19-53(66)57-41-46(31-37-67(57)72)71-62-24-12-6-18-52(62)56-40-45(30-36-65(56)71)70-61-23-11-5-17-51(61)55-39-44(29-35-64(55)70)69-60-22-10-4-16-50(60)54-38-43(28-34-63(54)69)68-58-20-8-2-14-48(58)49-15-3-9-21-59(49)68/h2-41H,1H3. The van der Waals surface area contributed by atoms with Gasteiger partial charge in [-0.1, -0.05) is 127 Å². The van der Waals surface area contributed by atoms with E-state index >= 15 is 0 Å². The van der Waals surface area contributed by atoms with Crippen molar-refractivity contribution in [3.8, 4) is 22.7 Å². The van der Waals surface area contributed by atoms with E-state index in [-0.39, 0.29) is 4.90 Å². The largest absolute Gasteiger partial charge is 0.309 e. The van der Waals surface area contributed by atoms with Crippen molar-refractivity contribution >= 4 is 119 Å². The second kappa shape index (κ2) is 15.4. The van der Waals surface area contributed by atoms with Gasteiger partial charge in [-0.3, -0.25) is 0 Å². The smallest absolute Gasteiger partial charge is 0.268 e. The number of benzene rings is 11. The first kappa shape index (κ1) is 41.9. The van der Waals surface area contributed by atoms with E-state index in [1.807, 2.05) is 49.4 Å². The molecule has 7 nitrogen and oxygen atoms in total. The molecule has 0 N–H and O–H groups in total. The summed E-state index contributed by atoms with van der Waals surface area (Å²) in [6.45, 7) is 1.96. The summed E-state index contributed by atoms with van der Waals surface area (Å²) in [6, 6.07) is 85.1. The van der Waals surface area contributed by atoms with Crippen LogP contribution in [0.15, 0.2) is 248 Å². The summed E-state index contributed by atoms with van der Waals surface area (Å²) in [5.74, 6) is 0. The first-order valence-corrected chi connectivity index (χ1v) is 26.8. The number of aromatic nitrogens is 5. The van der Waals surface area contributed by atoms with Gasteiger partial charge in [-0.25, -0.2) is 12.4 Å². The van der Waals surface area contributed by atoms with Gasteiger partial charge in [0.05, 0.1) is 60.1 Å². The summed E-state index contributed by atoms with van der Waals surface area (Å²) >= 11 is 0. The normalized spacial score (nSPS) is 12.4. The van der Waals surface area contributed by atoms with Gasteiger partial charge in [0.15, 0.2) is 0 Å². The monoisotopic (exact) mass is 981 g/mol. The van der Waals surface area contributed by atoms with E-state index in [9.17, 15) is 8.42 Å². The van der Waals surface area contributed by atoms with E-state index in [1.165, 1.54) is 47.3 Å². The molecule has 11 aromatic carbocycles. The zero-order valence-electron chi connectivity index (χ0n) is 40.6. The van der Waals surface area contributed by atoms with E-state index < -0.39 is 10.0 Å². The molecule has 0 radical (unpaired) electrons. The molecule has 5 heterocycles. The molecule has 0 bridgehead atoms. The lowest BCUT2D eigenvalue weighted by Gasteiger charge is -2.12. The highest BCUT2D eigenvalue weighted by Gasteiger charge is 2.25. The zero-order valence-corrected chi connectivity index (χ0v) is 41.4. The number of rotatable bonds is 6. The molecular formula is C67H43N5O2S. The molecule has 0 spiro atoms. The molecule has 0 fully saturated rings. The second-order valence-corrected chi connectivity index (χ2v) is 21.6. The van der Waals surface area contributed by atoms with Crippen molar-refractivity contribution in [2.24, 2.45) is 0 Å². The second-order valence-electron chi connectivity index (χ2n) is 19.8. The van der Waals surface area contributed by atoms with E-state index in [0.717, 1.165) is 83.0 Å². The van der Waals surface area contributed by atoms with Crippen molar-refractivity contribution in [2.45, 2.75) is 11.8 Å². The number of nitrogens with zero attached hydrogens (tertiary/aromatic N) is 5. The first-order valence-electron chi connectivity index (χ1n) is 25.3. The van der Waals surface area contributed by atoms with Gasteiger partial charge in [0, 0.05) is 76.6 Å². The Bertz CT molecular complexity index is 5170. The highest BCUT2D eigenvalue weighted by molar-refractivity contribution is 7.90. The Morgan fingerprint density at radius 2 is 0.493 bits per heavy atom. The van der Waals surface area contributed by atoms with E-state index in [0.29, 0.717) is 11.0 Å². The van der Waals surface area contributed by atoms with Gasteiger partial charge >= 0.3 is 0 Å². The molecule has 0 saturated carbocycles. The average molecular weight is 982 g/mol. The van der Waals surface area contributed by atoms with Crippen molar-refractivity contribution in [3.05, 3.63) is 248 Å². The maximum atomic E-state index is 14.4. The molecule has 16 rings (SSSR count). The summed E-state index contributed by atoms with van der Waals surface area (Å²) in [4.78, 5) is 0.260. The lowest BCUT2D eigenvalue weighted by atomic mass is 10.1. The van der Waals surface area contributed by atoms with Crippen LogP contribution in [-0.4, -0.2) is 30.7 Å². The van der Waals surface area contributed by atoms with Crippen molar-refractivity contribution in [1.29, 1.82) is 0 Å². The van der Waals surface area contributed by atoms with Crippen LogP contribution >= 0.6 is 0 Å². The molecule has 75 heavy (non-hydrogen) atoms. The van der Waals surface area contributed by atoms with Crippen molar-refractivity contribution in [1.82, 2.24) is 22.2 Å². The van der Waals surface area contributed by atoms with Crippen LogP contribution < -0.4 is 0 Å². The lowest BCUT2D eigenvalue weighted by Crippen LogP contribution is -2.12. The molecule has 8 heteroatoms. The maximum absolute atomic E-state index is 14.4. The lowest BCUT2D eigenvalue weighted by molar-refractivity contribution is 0.590. The predicted molar refractivity (Wildman–Crippen MR) is 311 cm³/mol. The van der Waals surface area contributed by atoms with Crippen LogP contribution in [0, 0.1) is 6.92 Å². The molecule has 0 aliphatic carbocycles.